The van der Waals surface area contributed by atoms with Crippen molar-refractivity contribution in [1.29, 1.82) is 0 Å². The highest BCUT2D eigenvalue weighted by Crippen LogP contribution is 2.32. The Labute approximate surface area is 303 Å². The molecule has 2 aromatic rings. The second-order valence-corrected chi connectivity index (χ2v) is 14.9. The van der Waals surface area contributed by atoms with Gasteiger partial charge in [0.15, 0.2) is 0 Å². The fourth-order valence-corrected chi connectivity index (χ4v) is 6.83. The monoisotopic (exact) mass is 715 g/mol. The Morgan fingerprint density at radius 1 is 1.02 bits per heavy atom. The minimum atomic E-state index is -1.09. The molecule has 2 rings (SSSR count). The number of unbranched alkanes of at least 4 members (excludes halogenated alkanes) is 4. The summed E-state index contributed by atoms with van der Waals surface area (Å²) in [4.78, 5) is 57.6. The lowest BCUT2D eigenvalue weighted by molar-refractivity contribution is -0.147. The van der Waals surface area contributed by atoms with Crippen LogP contribution in [-0.4, -0.2) is 70.5 Å². The van der Waals surface area contributed by atoms with Crippen molar-refractivity contribution in [3.05, 3.63) is 45.9 Å². The summed E-state index contributed by atoms with van der Waals surface area (Å²) in [6.07, 6.45) is 7.42. The summed E-state index contributed by atoms with van der Waals surface area (Å²) in [7, 11) is 0. The van der Waals surface area contributed by atoms with Crippen molar-refractivity contribution in [2.45, 2.75) is 131 Å². The third kappa shape index (κ3) is 14.1. The van der Waals surface area contributed by atoms with Crippen LogP contribution in [0.1, 0.15) is 133 Å². The van der Waals surface area contributed by atoms with Crippen LogP contribution in [0.15, 0.2) is 29.6 Å². The van der Waals surface area contributed by atoms with Gasteiger partial charge in [-0.05, 0) is 70.1 Å². The molecule has 12 heteroatoms. The Bertz CT molecular complexity index is 1350. The van der Waals surface area contributed by atoms with Gasteiger partial charge in [-0.3, -0.25) is 19.2 Å². The molecule has 0 aliphatic carbocycles. The molecule has 0 spiro atoms. The predicted molar refractivity (Wildman–Crippen MR) is 200 cm³/mol. The molecular weight excluding hydrogens is 655 g/mol. The van der Waals surface area contributed by atoms with E-state index in [0.717, 1.165) is 50.6 Å². The standard InChI is InChI=1S/C38H61N5O6S/c1-8-11-13-14-20-43(34(45)15-12-9-2)31(26(4)5)22-32(49-10-3)36-42-30(25-50-36)35(46)41-29(23-38(6,7)37(47)48)21-27-16-18-28(19-17-27)40-33(44)24-39/h16-19,25-26,29,31-32H,8-15,20-24,39H2,1-7H3,(H,40,44)(H,41,46)(H,47,48). The summed E-state index contributed by atoms with van der Waals surface area (Å²) in [6, 6.07) is 6.61. The van der Waals surface area contributed by atoms with Crippen LogP contribution in [0.25, 0.3) is 0 Å². The van der Waals surface area contributed by atoms with Gasteiger partial charge in [-0.1, -0.05) is 65.5 Å². The molecular formula is C38H61N5O6S. The number of amides is 3. The van der Waals surface area contributed by atoms with Gasteiger partial charge in [-0.15, -0.1) is 11.3 Å². The normalized spacial score (nSPS) is 13.5. The Kier molecular flexibility index (Phi) is 18.6. The average Bonchev–Trinajstić information content (AvgIpc) is 3.57. The van der Waals surface area contributed by atoms with Gasteiger partial charge in [0, 0.05) is 49.1 Å². The minimum Gasteiger partial charge on any atom is -0.481 e. The van der Waals surface area contributed by atoms with Crippen molar-refractivity contribution in [2.75, 3.05) is 25.0 Å². The Morgan fingerprint density at radius 2 is 1.70 bits per heavy atom. The number of aromatic nitrogens is 1. The first-order chi connectivity index (χ1) is 23.8. The maximum Gasteiger partial charge on any atom is 0.309 e. The number of hydrogen-bond acceptors (Lipinski definition) is 8. The van der Waals surface area contributed by atoms with Crippen LogP contribution in [0.2, 0.25) is 0 Å². The van der Waals surface area contributed by atoms with Gasteiger partial charge >= 0.3 is 5.97 Å². The Hall–Kier alpha value is -3.35. The van der Waals surface area contributed by atoms with Crippen molar-refractivity contribution >= 4 is 40.7 Å². The SMILES string of the molecule is CCCCCCN(C(=O)CCCC)C(CC(OCC)c1nc(C(=O)NC(Cc2ccc(NC(=O)CN)cc2)CC(C)(C)C(=O)O)cs1)C(C)C. The van der Waals surface area contributed by atoms with Gasteiger partial charge in [0.1, 0.15) is 16.8 Å². The van der Waals surface area contributed by atoms with Crippen LogP contribution in [0.5, 0.6) is 0 Å². The average molecular weight is 716 g/mol. The molecule has 5 N–H and O–H groups in total. The van der Waals surface area contributed by atoms with Crippen molar-refractivity contribution < 1.29 is 29.0 Å². The first kappa shape index (κ1) is 42.8. The molecule has 0 aliphatic rings. The molecule has 0 saturated carbocycles. The van der Waals surface area contributed by atoms with Crippen LogP contribution in [0, 0.1) is 11.3 Å². The van der Waals surface area contributed by atoms with Gasteiger partial charge < -0.3 is 31.1 Å². The molecule has 11 nitrogen and oxygen atoms in total. The summed E-state index contributed by atoms with van der Waals surface area (Å²) in [5.74, 6) is -1.28. The maximum absolute atomic E-state index is 13.6. The molecule has 50 heavy (non-hydrogen) atoms. The Balaban J connectivity index is 2.30. The third-order valence-electron chi connectivity index (χ3n) is 8.92. The second-order valence-electron chi connectivity index (χ2n) is 14.0. The van der Waals surface area contributed by atoms with E-state index >= 15 is 0 Å². The number of carboxylic acids is 1. The molecule has 1 heterocycles. The predicted octanol–water partition coefficient (Wildman–Crippen LogP) is 6.97. The first-order valence-corrected chi connectivity index (χ1v) is 19.1. The fraction of sp³-hybridized carbons (Fsp3) is 0.658. The summed E-state index contributed by atoms with van der Waals surface area (Å²) in [6.45, 7) is 14.8. The molecule has 0 bridgehead atoms. The van der Waals surface area contributed by atoms with Gasteiger partial charge in [-0.2, -0.15) is 0 Å². The van der Waals surface area contributed by atoms with Crippen molar-refractivity contribution in [2.24, 2.45) is 17.1 Å². The number of carbonyl (C=O) groups is 4. The van der Waals surface area contributed by atoms with E-state index in [1.54, 1.807) is 31.4 Å². The number of nitrogens with one attached hydrogen (secondary N) is 2. The number of ether oxygens (including phenoxy) is 1. The van der Waals surface area contributed by atoms with Gasteiger partial charge in [-0.25, -0.2) is 4.98 Å². The number of benzene rings is 1. The molecule has 0 fully saturated rings. The van der Waals surface area contributed by atoms with Crippen molar-refractivity contribution in [3.8, 4) is 0 Å². The molecule has 3 amide bonds. The number of nitrogens with two attached hydrogens (primary N) is 1. The zero-order chi connectivity index (χ0) is 37.3. The molecule has 3 unspecified atom stereocenters. The Morgan fingerprint density at radius 3 is 2.28 bits per heavy atom. The number of thiazole rings is 1. The lowest BCUT2D eigenvalue weighted by atomic mass is 9.84. The van der Waals surface area contributed by atoms with E-state index in [1.165, 1.54) is 11.3 Å². The smallest absolute Gasteiger partial charge is 0.309 e. The summed E-state index contributed by atoms with van der Waals surface area (Å²) in [5, 5.41) is 18.0. The number of nitrogens with zero attached hydrogens (tertiary/aromatic N) is 2. The molecule has 1 aromatic carbocycles. The van der Waals surface area contributed by atoms with Crippen LogP contribution < -0.4 is 16.4 Å². The zero-order valence-corrected chi connectivity index (χ0v) is 32.1. The van der Waals surface area contributed by atoms with Crippen LogP contribution in [-0.2, 0) is 25.5 Å². The largest absolute Gasteiger partial charge is 0.481 e. The number of carbonyl (C=O) groups excluding carboxylic acids is 3. The molecule has 0 radical (unpaired) electrons. The summed E-state index contributed by atoms with van der Waals surface area (Å²) < 4.78 is 6.23. The topological polar surface area (TPSA) is 164 Å². The van der Waals surface area contributed by atoms with E-state index in [2.05, 4.69) is 43.2 Å². The van der Waals surface area contributed by atoms with E-state index in [-0.39, 0.29) is 42.4 Å². The quantitative estimate of drug-likeness (QED) is 0.0847. The lowest BCUT2D eigenvalue weighted by Crippen LogP contribution is -2.45. The second kappa shape index (κ2) is 21.8. The molecule has 3 atom stereocenters. The zero-order valence-electron chi connectivity index (χ0n) is 31.3. The van der Waals surface area contributed by atoms with Crippen molar-refractivity contribution in [3.63, 3.8) is 0 Å². The van der Waals surface area contributed by atoms with Gasteiger partial charge in [0.25, 0.3) is 5.91 Å². The highest BCUT2D eigenvalue weighted by atomic mass is 32.1. The van der Waals surface area contributed by atoms with E-state index in [0.29, 0.717) is 36.6 Å². The lowest BCUT2D eigenvalue weighted by Gasteiger charge is -2.36. The van der Waals surface area contributed by atoms with Crippen LogP contribution >= 0.6 is 11.3 Å². The van der Waals surface area contributed by atoms with Gasteiger partial charge in [0.2, 0.25) is 11.8 Å². The van der Waals surface area contributed by atoms with Crippen LogP contribution in [0.3, 0.4) is 0 Å². The molecule has 0 aliphatic heterocycles. The maximum atomic E-state index is 13.6. The number of rotatable bonds is 24. The number of aliphatic carboxylic acids is 1. The fourth-order valence-electron chi connectivity index (χ4n) is 5.97. The van der Waals surface area contributed by atoms with E-state index in [9.17, 15) is 24.3 Å². The van der Waals surface area contributed by atoms with Gasteiger partial charge in [0.05, 0.1) is 12.0 Å². The highest BCUT2D eigenvalue weighted by Gasteiger charge is 2.33. The number of hydrogen-bond donors (Lipinski definition) is 4. The molecule has 1 aromatic heterocycles. The number of anilines is 1. The summed E-state index contributed by atoms with van der Waals surface area (Å²) >= 11 is 1.36. The third-order valence-corrected chi connectivity index (χ3v) is 9.85. The number of carboxylic acid groups (broad SMARTS) is 1. The van der Waals surface area contributed by atoms with E-state index < -0.39 is 29.4 Å². The highest BCUT2D eigenvalue weighted by molar-refractivity contribution is 7.09. The molecule has 0 saturated heterocycles. The van der Waals surface area contributed by atoms with E-state index in [1.807, 2.05) is 19.1 Å². The minimum absolute atomic E-state index is 0.0450. The summed E-state index contributed by atoms with van der Waals surface area (Å²) in [5.41, 5.74) is 6.00. The van der Waals surface area contributed by atoms with Crippen LogP contribution in [0.4, 0.5) is 5.69 Å². The van der Waals surface area contributed by atoms with E-state index in [4.69, 9.17) is 15.5 Å². The molecule has 280 valence electrons. The van der Waals surface area contributed by atoms with Crippen molar-refractivity contribution in [1.82, 2.24) is 15.2 Å². The first-order valence-electron chi connectivity index (χ1n) is 18.3.